The van der Waals surface area contributed by atoms with Gasteiger partial charge >= 0.3 is 0 Å². The van der Waals surface area contributed by atoms with Gasteiger partial charge in [-0.2, -0.15) is 0 Å². The smallest absolute Gasteiger partial charge is 0.294 e. The summed E-state index contributed by atoms with van der Waals surface area (Å²) in [5, 5.41) is 0.897. The lowest BCUT2D eigenvalue weighted by Crippen LogP contribution is -3.27. The Labute approximate surface area is 179 Å². The van der Waals surface area contributed by atoms with Gasteiger partial charge in [0.05, 0.1) is 6.61 Å². The Balaban J connectivity index is 1.13. The van der Waals surface area contributed by atoms with E-state index in [1.165, 1.54) is 16.0 Å². The SMILES string of the molecule is O=c1[nH]c(C[NH+]2CC[NH+](Cc3ccc4c(c3)CCO4)CC2)nc2c1oc1ccccc12. The summed E-state index contributed by atoms with van der Waals surface area (Å²) in [6, 6.07) is 14.3. The minimum atomic E-state index is -0.194. The molecule has 7 heteroatoms. The van der Waals surface area contributed by atoms with Crippen molar-refractivity contribution in [2.45, 2.75) is 19.5 Å². The quantitative estimate of drug-likeness (QED) is 0.439. The van der Waals surface area contributed by atoms with Crippen LogP contribution in [0.25, 0.3) is 22.1 Å². The number of piperazine rings is 1. The van der Waals surface area contributed by atoms with Crippen LogP contribution >= 0.6 is 0 Å². The van der Waals surface area contributed by atoms with Crippen LogP contribution in [0.2, 0.25) is 0 Å². The lowest BCUT2D eigenvalue weighted by Gasteiger charge is -2.29. The van der Waals surface area contributed by atoms with Crippen LogP contribution < -0.4 is 20.1 Å². The van der Waals surface area contributed by atoms with Crippen LogP contribution in [0.5, 0.6) is 5.75 Å². The Kier molecular flexibility index (Phi) is 4.51. The Morgan fingerprint density at radius 3 is 2.68 bits per heavy atom. The lowest BCUT2D eigenvalue weighted by molar-refractivity contribution is -1.02. The fourth-order valence-corrected chi connectivity index (χ4v) is 4.92. The average Bonchev–Trinajstić information content (AvgIpc) is 3.40. The normalized spacial score (nSPS) is 20.8. The number of hydrogen-bond donors (Lipinski definition) is 3. The molecule has 1 saturated heterocycles. The standard InChI is InChI=1S/C24H24N4O3/c29-24-23-22(18-3-1-2-4-20(18)31-23)25-21(26-24)15-28-10-8-27(9-11-28)14-16-5-6-19-17(13-16)7-12-30-19/h1-6,13H,7-12,14-15H2,(H,25,26,29)/p+2. The second-order valence-electron chi connectivity index (χ2n) is 8.68. The van der Waals surface area contributed by atoms with E-state index in [-0.39, 0.29) is 5.56 Å². The highest BCUT2D eigenvalue weighted by atomic mass is 16.5. The second kappa shape index (κ2) is 7.51. The van der Waals surface area contributed by atoms with Gasteiger partial charge < -0.3 is 23.9 Å². The van der Waals surface area contributed by atoms with Gasteiger partial charge in [0, 0.05) is 17.4 Å². The van der Waals surface area contributed by atoms with E-state index in [2.05, 4.69) is 23.2 Å². The first kappa shape index (κ1) is 18.6. The van der Waals surface area contributed by atoms with Crippen molar-refractivity contribution in [1.29, 1.82) is 0 Å². The van der Waals surface area contributed by atoms with Crippen LogP contribution in [0.1, 0.15) is 17.0 Å². The number of nitrogens with one attached hydrogen (secondary N) is 3. The number of para-hydroxylation sites is 1. The van der Waals surface area contributed by atoms with E-state index in [9.17, 15) is 4.79 Å². The Morgan fingerprint density at radius 1 is 1.00 bits per heavy atom. The predicted molar refractivity (Wildman–Crippen MR) is 117 cm³/mol. The van der Waals surface area contributed by atoms with Crippen LogP contribution in [0, 0.1) is 0 Å². The molecular formula is C24H26N4O3+2. The van der Waals surface area contributed by atoms with E-state index in [1.807, 2.05) is 24.3 Å². The van der Waals surface area contributed by atoms with Crippen molar-refractivity contribution < 1.29 is 19.0 Å². The fraction of sp³-hybridized carbons (Fsp3) is 0.333. The largest absolute Gasteiger partial charge is 0.493 e. The van der Waals surface area contributed by atoms with Crippen LogP contribution in [-0.4, -0.2) is 42.8 Å². The third kappa shape index (κ3) is 3.49. The Bertz CT molecular complexity index is 1320. The summed E-state index contributed by atoms with van der Waals surface area (Å²) < 4.78 is 11.3. The third-order valence-electron chi connectivity index (χ3n) is 6.57. The molecule has 4 aromatic rings. The van der Waals surface area contributed by atoms with Gasteiger partial charge in [0.2, 0.25) is 5.58 Å². The molecule has 7 nitrogen and oxygen atoms in total. The average molecular weight is 418 g/mol. The minimum absolute atomic E-state index is 0.194. The van der Waals surface area contributed by atoms with Crippen molar-refractivity contribution >= 4 is 22.1 Å². The van der Waals surface area contributed by atoms with E-state index in [1.54, 1.807) is 4.90 Å². The molecule has 0 radical (unpaired) electrons. The molecule has 1 fully saturated rings. The topological polar surface area (TPSA) is 77.0 Å². The molecule has 2 aromatic heterocycles. The van der Waals surface area contributed by atoms with Crippen molar-refractivity contribution in [3.8, 4) is 5.75 Å². The minimum Gasteiger partial charge on any atom is -0.493 e. The first-order valence-electron chi connectivity index (χ1n) is 11.0. The number of rotatable bonds is 4. The highest BCUT2D eigenvalue weighted by molar-refractivity contribution is 6.01. The molecule has 0 aliphatic carbocycles. The van der Waals surface area contributed by atoms with Gasteiger partial charge in [-0.25, -0.2) is 4.98 Å². The molecule has 2 aliphatic heterocycles. The van der Waals surface area contributed by atoms with Gasteiger partial charge in [0.1, 0.15) is 56.1 Å². The molecule has 4 heterocycles. The van der Waals surface area contributed by atoms with E-state index in [4.69, 9.17) is 14.1 Å². The monoisotopic (exact) mass is 418 g/mol. The predicted octanol–water partition coefficient (Wildman–Crippen LogP) is 0.0878. The maximum atomic E-state index is 12.5. The Hall–Kier alpha value is -3.16. The van der Waals surface area contributed by atoms with Gasteiger partial charge in [0.25, 0.3) is 5.56 Å². The van der Waals surface area contributed by atoms with Gasteiger partial charge in [-0.15, -0.1) is 0 Å². The highest BCUT2D eigenvalue weighted by Gasteiger charge is 2.25. The summed E-state index contributed by atoms with van der Waals surface area (Å²) in [6.07, 6.45) is 1.03. The van der Waals surface area contributed by atoms with Crippen LogP contribution in [0.3, 0.4) is 0 Å². The molecule has 0 saturated carbocycles. The molecule has 0 amide bonds. The molecule has 0 spiro atoms. The summed E-state index contributed by atoms with van der Waals surface area (Å²) in [4.78, 5) is 23.3. The zero-order valence-electron chi connectivity index (χ0n) is 17.4. The molecule has 2 aliphatic rings. The number of H-pyrrole nitrogens is 1. The molecule has 3 N–H and O–H groups in total. The Morgan fingerprint density at radius 2 is 1.81 bits per heavy atom. The summed E-state index contributed by atoms with van der Waals surface area (Å²) >= 11 is 0. The summed E-state index contributed by atoms with van der Waals surface area (Å²) in [5.74, 6) is 1.79. The number of nitrogens with zero attached hydrogens (tertiary/aromatic N) is 1. The van der Waals surface area contributed by atoms with Crippen LogP contribution in [0.4, 0.5) is 0 Å². The summed E-state index contributed by atoms with van der Waals surface area (Å²) in [7, 11) is 0. The van der Waals surface area contributed by atoms with Crippen molar-refractivity contribution in [3.05, 3.63) is 69.8 Å². The summed E-state index contributed by atoms with van der Waals surface area (Å²) in [6.45, 7) is 6.96. The van der Waals surface area contributed by atoms with Crippen LogP contribution in [-0.2, 0) is 19.5 Å². The van der Waals surface area contributed by atoms with Crippen molar-refractivity contribution in [2.75, 3.05) is 32.8 Å². The first-order valence-corrected chi connectivity index (χ1v) is 11.0. The van der Waals surface area contributed by atoms with E-state index >= 15 is 0 Å². The number of aromatic amines is 1. The molecule has 2 aromatic carbocycles. The van der Waals surface area contributed by atoms with Crippen molar-refractivity contribution in [2.24, 2.45) is 0 Å². The van der Waals surface area contributed by atoms with Gasteiger partial charge in [-0.05, 0) is 35.9 Å². The first-order chi connectivity index (χ1) is 15.2. The zero-order valence-corrected chi connectivity index (χ0v) is 17.4. The fourth-order valence-electron chi connectivity index (χ4n) is 4.92. The molecule has 31 heavy (non-hydrogen) atoms. The van der Waals surface area contributed by atoms with Crippen molar-refractivity contribution in [1.82, 2.24) is 9.97 Å². The number of hydrogen-bond acceptors (Lipinski definition) is 4. The molecule has 158 valence electrons. The van der Waals surface area contributed by atoms with Gasteiger partial charge in [-0.3, -0.25) is 4.79 Å². The number of quaternary nitrogens is 2. The number of ether oxygens (including phenoxy) is 1. The van der Waals surface area contributed by atoms with Gasteiger partial charge in [0.15, 0.2) is 5.82 Å². The number of furan rings is 1. The van der Waals surface area contributed by atoms with E-state index in [0.29, 0.717) is 16.7 Å². The molecule has 6 rings (SSSR count). The highest BCUT2D eigenvalue weighted by Crippen LogP contribution is 2.26. The number of benzene rings is 2. The summed E-state index contributed by atoms with van der Waals surface area (Å²) in [5.41, 5.74) is 4.23. The molecule has 0 atom stereocenters. The molecule has 0 bridgehead atoms. The maximum absolute atomic E-state index is 12.5. The second-order valence-corrected chi connectivity index (χ2v) is 8.68. The van der Waals surface area contributed by atoms with E-state index in [0.717, 1.165) is 69.3 Å². The van der Waals surface area contributed by atoms with Crippen LogP contribution in [0.15, 0.2) is 51.7 Å². The number of fused-ring (bicyclic) bond motifs is 4. The van der Waals surface area contributed by atoms with E-state index < -0.39 is 0 Å². The zero-order chi connectivity index (χ0) is 20.8. The maximum Gasteiger partial charge on any atom is 0.294 e. The third-order valence-corrected chi connectivity index (χ3v) is 6.57. The van der Waals surface area contributed by atoms with Crippen molar-refractivity contribution in [3.63, 3.8) is 0 Å². The number of aromatic nitrogens is 2. The lowest BCUT2D eigenvalue weighted by atomic mass is 10.1. The molecule has 0 unspecified atom stereocenters. The van der Waals surface area contributed by atoms with Gasteiger partial charge in [-0.1, -0.05) is 12.1 Å². The molecular weight excluding hydrogens is 392 g/mol.